The molecule has 35 heavy (non-hydrogen) atoms. The smallest absolute Gasteiger partial charge is 0.481 e. The van der Waals surface area contributed by atoms with Gasteiger partial charge in [-0.3, -0.25) is 5.73 Å². The van der Waals surface area contributed by atoms with Crippen LogP contribution in [0.25, 0.3) is 10.9 Å². The molecule has 0 amide bonds. The summed E-state index contributed by atoms with van der Waals surface area (Å²) in [5, 5.41) is 0.791. The number of rotatable bonds is 7. The number of benzene rings is 1. The average molecular weight is 487 g/mol. The van der Waals surface area contributed by atoms with Crippen molar-refractivity contribution in [2.75, 3.05) is 7.11 Å². The van der Waals surface area contributed by atoms with Crippen LogP contribution in [0.3, 0.4) is 0 Å². The number of aromatic nitrogens is 4. The minimum Gasteiger partial charge on any atom is -0.481 e. The van der Waals surface area contributed by atoms with Gasteiger partial charge in [0.15, 0.2) is 6.23 Å². The summed E-state index contributed by atoms with van der Waals surface area (Å²) in [7, 11) is 1.55. The molecule has 0 saturated heterocycles. The Hall–Kier alpha value is -4.19. The summed E-state index contributed by atoms with van der Waals surface area (Å²) in [6, 6.07) is 12.3. The van der Waals surface area contributed by atoms with E-state index in [0.717, 1.165) is 28.5 Å². The Labute approximate surface area is 197 Å². The first kappa shape index (κ1) is 24.0. The van der Waals surface area contributed by atoms with Crippen molar-refractivity contribution in [2.24, 2.45) is 5.73 Å². The SMILES string of the molecule is COc1ccc(Cn2c(C)cc3c(Oc4cc(C(N)OC(=O)C(F)(F)F)ncn4)cccc32)cn1. The zero-order chi connectivity index (χ0) is 25.2. The topological polar surface area (TPSA) is 114 Å². The van der Waals surface area contributed by atoms with Crippen molar-refractivity contribution < 1.29 is 32.2 Å². The summed E-state index contributed by atoms with van der Waals surface area (Å²) in [5.41, 5.74) is 8.23. The number of hydrogen-bond acceptors (Lipinski definition) is 8. The standard InChI is InChI=1S/C23H20F3N5O4/c1-13-8-15-17(31(13)11-14-6-7-19(33-2)28-10-14)4-3-5-18(15)34-20-9-16(29-12-30-20)21(27)35-22(32)23(24,25)26/h3-10,12,21H,11,27H2,1-2H3. The quantitative estimate of drug-likeness (QED) is 0.307. The number of methoxy groups -OCH3 is 1. The second-order valence-electron chi connectivity index (χ2n) is 7.48. The molecular formula is C23H20F3N5O4. The van der Waals surface area contributed by atoms with Crippen LogP contribution in [0.2, 0.25) is 0 Å². The van der Waals surface area contributed by atoms with Crippen LogP contribution < -0.4 is 15.2 Å². The molecule has 9 nitrogen and oxygen atoms in total. The fraction of sp³-hybridized carbons (Fsp3) is 0.217. The van der Waals surface area contributed by atoms with Gasteiger partial charge in [-0.1, -0.05) is 12.1 Å². The van der Waals surface area contributed by atoms with Gasteiger partial charge in [-0.15, -0.1) is 0 Å². The Bertz CT molecular complexity index is 1360. The summed E-state index contributed by atoms with van der Waals surface area (Å²) < 4.78 is 54.6. The highest BCUT2D eigenvalue weighted by Crippen LogP contribution is 2.32. The van der Waals surface area contributed by atoms with Crippen LogP contribution in [0.15, 0.2) is 55.0 Å². The van der Waals surface area contributed by atoms with E-state index in [-0.39, 0.29) is 11.6 Å². The number of aryl methyl sites for hydroxylation is 1. The van der Waals surface area contributed by atoms with Crippen molar-refractivity contribution in [1.82, 2.24) is 19.5 Å². The van der Waals surface area contributed by atoms with Gasteiger partial charge in [0.25, 0.3) is 0 Å². The number of carbonyl (C=O) groups excluding carboxylic acids is 1. The Balaban J connectivity index is 1.58. The Morgan fingerprint density at radius 1 is 1.11 bits per heavy atom. The molecule has 0 fully saturated rings. The molecule has 0 aliphatic rings. The minimum atomic E-state index is -5.17. The number of nitrogens with two attached hydrogens (primary N) is 1. The number of nitrogens with zero attached hydrogens (tertiary/aromatic N) is 4. The number of pyridine rings is 1. The third-order valence-corrected chi connectivity index (χ3v) is 5.09. The molecule has 0 radical (unpaired) electrons. The first-order valence-electron chi connectivity index (χ1n) is 10.3. The van der Waals surface area contributed by atoms with E-state index in [1.165, 1.54) is 6.07 Å². The van der Waals surface area contributed by atoms with Crippen molar-refractivity contribution in [2.45, 2.75) is 25.9 Å². The van der Waals surface area contributed by atoms with Crippen molar-refractivity contribution in [1.29, 1.82) is 0 Å². The van der Waals surface area contributed by atoms with E-state index in [0.29, 0.717) is 18.2 Å². The lowest BCUT2D eigenvalue weighted by Gasteiger charge is -2.14. The van der Waals surface area contributed by atoms with Crippen LogP contribution in [0.1, 0.15) is 23.2 Å². The summed E-state index contributed by atoms with van der Waals surface area (Å²) in [6.07, 6.45) is -4.13. The molecule has 12 heteroatoms. The van der Waals surface area contributed by atoms with Crippen LogP contribution in [-0.2, 0) is 16.1 Å². The number of hydrogen-bond donors (Lipinski definition) is 1. The Morgan fingerprint density at radius 2 is 1.91 bits per heavy atom. The number of esters is 1. The molecule has 182 valence electrons. The van der Waals surface area contributed by atoms with Crippen LogP contribution in [0.5, 0.6) is 17.5 Å². The van der Waals surface area contributed by atoms with Gasteiger partial charge in [0, 0.05) is 36.0 Å². The van der Waals surface area contributed by atoms with Gasteiger partial charge in [0.05, 0.1) is 12.6 Å². The van der Waals surface area contributed by atoms with Gasteiger partial charge in [0.2, 0.25) is 11.8 Å². The van der Waals surface area contributed by atoms with E-state index >= 15 is 0 Å². The van der Waals surface area contributed by atoms with Crippen molar-refractivity contribution in [3.05, 3.63) is 71.9 Å². The third-order valence-electron chi connectivity index (χ3n) is 5.09. The molecule has 0 aliphatic carbocycles. The fourth-order valence-electron chi connectivity index (χ4n) is 3.42. The lowest BCUT2D eigenvalue weighted by atomic mass is 10.2. The molecule has 1 aromatic carbocycles. The molecule has 0 bridgehead atoms. The number of ether oxygens (including phenoxy) is 3. The lowest BCUT2D eigenvalue weighted by molar-refractivity contribution is -0.205. The van der Waals surface area contributed by atoms with Gasteiger partial charge in [0.1, 0.15) is 17.8 Å². The van der Waals surface area contributed by atoms with Gasteiger partial charge in [-0.2, -0.15) is 13.2 Å². The van der Waals surface area contributed by atoms with E-state index < -0.39 is 18.4 Å². The molecule has 2 N–H and O–H groups in total. The number of carbonyl (C=O) groups is 1. The molecule has 1 atom stereocenters. The van der Waals surface area contributed by atoms with Crippen molar-refractivity contribution >= 4 is 16.9 Å². The van der Waals surface area contributed by atoms with Crippen molar-refractivity contribution in [3.63, 3.8) is 0 Å². The normalized spacial score (nSPS) is 12.4. The number of alkyl halides is 3. The zero-order valence-electron chi connectivity index (χ0n) is 18.6. The molecule has 3 heterocycles. The fourth-order valence-corrected chi connectivity index (χ4v) is 3.42. The van der Waals surface area contributed by atoms with E-state index in [9.17, 15) is 18.0 Å². The maximum absolute atomic E-state index is 12.4. The predicted molar refractivity (Wildman–Crippen MR) is 118 cm³/mol. The van der Waals surface area contributed by atoms with Gasteiger partial charge >= 0.3 is 12.1 Å². The Morgan fingerprint density at radius 3 is 2.60 bits per heavy atom. The molecule has 0 aliphatic heterocycles. The summed E-state index contributed by atoms with van der Waals surface area (Å²) in [5.74, 6) is -1.41. The van der Waals surface area contributed by atoms with Gasteiger partial charge in [-0.05, 0) is 30.7 Å². The molecule has 0 saturated carbocycles. The highest BCUT2D eigenvalue weighted by atomic mass is 19.4. The largest absolute Gasteiger partial charge is 0.490 e. The lowest BCUT2D eigenvalue weighted by Crippen LogP contribution is -2.30. The maximum Gasteiger partial charge on any atom is 0.490 e. The molecule has 0 spiro atoms. The second kappa shape index (κ2) is 9.58. The summed E-state index contributed by atoms with van der Waals surface area (Å²) in [6.45, 7) is 2.52. The first-order valence-corrected chi connectivity index (χ1v) is 10.3. The molecule has 3 aromatic heterocycles. The molecular weight excluding hydrogens is 467 g/mol. The predicted octanol–water partition coefficient (Wildman–Crippen LogP) is 4.05. The van der Waals surface area contributed by atoms with E-state index in [1.54, 1.807) is 31.5 Å². The van der Waals surface area contributed by atoms with Crippen LogP contribution in [0, 0.1) is 6.92 Å². The van der Waals surface area contributed by atoms with E-state index in [4.69, 9.17) is 15.2 Å². The van der Waals surface area contributed by atoms with Crippen LogP contribution in [0.4, 0.5) is 13.2 Å². The van der Waals surface area contributed by atoms with Crippen molar-refractivity contribution in [3.8, 4) is 17.5 Å². The second-order valence-corrected chi connectivity index (χ2v) is 7.48. The van der Waals surface area contributed by atoms with Gasteiger partial charge < -0.3 is 18.8 Å². The van der Waals surface area contributed by atoms with Crippen LogP contribution >= 0.6 is 0 Å². The summed E-state index contributed by atoms with van der Waals surface area (Å²) >= 11 is 0. The van der Waals surface area contributed by atoms with E-state index in [2.05, 4.69) is 24.3 Å². The first-order chi connectivity index (χ1) is 16.7. The highest BCUT2D eigenvalue weighted by molar-refractivity contribution is 5.87. The molecule has 4 rings (SSSR count). The van der Waals surface area contributed by atoms with Gasteiger partial charge in [-0.25, -0.2) is 19.7 Å². The third kappa shape index (κ3) is 5.32. The minimum absolute atomic E-state index is 0.0192. The summed E-state index contributed by atoms with van der Waals surface area (Å²) in [4.78, 5) is 23.1. The number of halogens is 3. The van der Waals surface area contributed by atoms with E-state index in [1.807, 2.05) is 25.1 Å². The average Bonchev–Trinajstić information content (AvgIpc) is 3.15. The Kier molecular flexibility index (Phi) is 6.56. The molecule has 1 unspecified atom stereocenters. The maximum atomic E-state index is 12.4. The highest BCUT2D eigenvalue weighted by Gasteiger charge is 2.42. The zero-order valence-corrected chi connectivity index (χ0v) is 18.6. The monoisotopic (exact) mass is 487 g/mol. The van der Waals surface area contributed by atoms with Crippen LogP contribution in [-0.4, -0.2) is 38.8 Å². The number of fused-ring (bicyclic) bond motifs is 1. The molecule has 4 aromatic rings.